The number of likely N-dealkylation sites (tertiary alicyclic amines) is 1. The van der Waals surface area contributed by atoms with Crippen molar-refractivity contribution in [1.82, 2.24) is 10.2 Å². The first kappa shape index (κ1) is 18.2. The fourth-order valence-corrected chi connectivity index (χ4v) is 3.59. The zero-order chi connectivity index (χ0) is 17.5. The van der Waals surface area contributed by atoms with Crippen LogP contribution >= 0.6 is 0 Å². The van der Waals surface area contributed by atoms with Crippen molar-refractivity contribution in [1.29, 1.82) is 0 Å². The van der Waals surface area contributed by atoms with E-state index in [1.165, 1.54) is 12.0 Å². The molecule has 2 aliphatic heterocycles. The van der Waals surface area contributed by atoms with E-state index in [9.17, 15) is 4.79 Å². The molecule has 138 valence electrons. The third-order valence-electron chi connectivity index (χ3n) is 5.19. The second-order valence-corrected chi connectivity index (χ2v) is 7.16. The van der Waals surface area contributed by atoms with E-state index in [4.69, 9.17) is 9.47 Å². The van der Waals surface area contributed by atoms with Crippen LogP contribution in [0.4, 0.5) is 0 Å². The second-order valence-electron chi connectivity index (χ2n) is 7.16. The fourth-order valence-electron chi connectivity index (χ4n) is 3.59. The summed E-state index contributed by atoms with van der Waals surface area (Å²) in [6.07, 6.45) is 4.23. The highest BCUT2D eigenvalue weighted by atomic mass is 16.5. The Labute approximate surface area is 150 Å². The minimum atomic E-state index is -0.0257. The van der Waals surface area contributed by atoms with Crippen LogP contribution in [0.15, 0.2) is 24.3 Å². The van der Waals surface area contributed by atoms with Gasteiger partial charge < -0.3 is 19.7 Å². The Kier molecular flexibility index (Phi) is 6.70. The van der Waals surface area contributed by atoms with Gasteiger partial charge in [0, 0.05) is 32.3 Å². The van der Waals surface area contributed by atoms with Gasteiger partial charge in [0.05, 0.1) is 6.61 Å². The molecule has 1 aromatic rings. The summed E-state index contributed by atoms with van der Waals surface area (Å²) >= 11 is 0. The standard InChI is InChI=1S/C20H30N2O3/c1-2-16-3-5-19(6-4-16)25-15-20(23)21-18-7-10-22(11-8-18)13-17-9-12-24-14-17/h3-6,17-18H,2,7-15H2,1H3,(H,21,23)/t17-/m0/s1. The van der Waals surface area contributed by atoms with Crippen molar-refractivity contribution >= 4 is 5.91 Å². The number of carbonyl (C=O) groups is 1. The lowest BCUT2D eigenvalue weighted by Gasteiger charge is -2.33. The van der Waals surface area contributed by atoms with Gasteiger partial charge in [-0.25, -0.2) is 0 Å². The van der Waals surface area contributed by atoms with Crippen LogP contribution in [0.5, 0.6) is 5.75 Å². The van der Waals surface area contributed by atoms with Gasteiger partial charge in [0.25, 0.3) is 5.91 Å². The number of hydrogen-bond acceptors (Lipinski definition) is 4. The molecule has 5 heteroatoms. The molecule has 0 radical (unpaired) electrons. The summed E-state index contributed by atoms with van der Waals surface area (Å²) in [6.45, 7) is 7.28. The van der Waals surface area contributed by atoms with Crippen molar-refractivity contribution < 1.29 is 14.3 Å². The topological polar surface area (TPSA) is 50.8 Å². The lowest BCUT2D eigenvalue weighted by atomic mass is 10.0. The van der Waals surface area contributed by atoms with Gasteiger partial charge in [0.15, 0.2) is 6.61 Å². The van der Waals surface area contributed by atoms with Crippen LogP contribution in [-0.2, 0) is 16.0 Å². The summed E-state index contributed by atoms with van der Waals surface area (Å²) in [5, 5.41) is 3.11. The molecule has 5 nitrogen and oxygen atoms in total. The summed E-state index contributed by atoms with van der Waals surface area (Å²) in [6, 6.07) is 8.21. The molecule has 2 saturated heterocycles. The normalized spacial score (nSPS) is 22.0. The third-order valence-corrected chi connectivity index (χ3v) is 5.19. The molecule has 0 spiro atoms. The summed E-state index contributed by atoms with van der Waals surface area (Å²) in [7, 11) is 0. The first-order chi connectivity index (χ1) is 12.2. The summed E-state index contributed by atoms with van der Waals surface area (Å²) in [5.41, 5.74) is 1.27. The number of nitrogens with zero attached hydrogens (tertiary/aromatic N) is 1. The Morgan fingerprint density at radius 3 is 2.64 bits per heavy atom. The van der Waals surface area contributed by atoms with Crippen LogP contribution in [0.25, 0.3) is 0 Å². The van der Waals surface area contributed by atoms with Crippen molar-refractivity contribution in [3.05, 3.63) is 29.8 Å². The molecule has 0 unspecified atom stereocenters. The van der Waals surface area contributed by atoms with Crippen molar-refractivity contribution in [2.24, 2.45) is 5.92 Å². The van der Waals surface area contributed by atoms with Crippen molar-refractivity contribution in [2.75, 3.05) is 39.5 Å². The summed E-state index contributed by atoms with van der Waals surface area (Å²) < 4.78 is 11.0. The molecule has 1 amide bonds. The molecule has 2 fully saturated rings. The minimum absolute atomic E-state index is 0.0257. The number of amides is 1. The highest BCUT2D eigenvalue weighted by Crippen LogP contribution is 2.18. The lowest BCUT2D eigenvalue weighted by Crippen LogP contribution is -2.46. The molecule has 0 aliphatic carbocycles. The number of piperidine rings is 1. The number of aryl methyl sites for hydroxylation is 1. The number of rotatable bonds is 7. The number of nitrogens with one attached hydrogen (secondary N) is 1. The van der Waals surface area contributed by atoms with Gasteiger partial charge in [-0.05, 0) is 49.3 Å². The van der Waals surface area contributed by atoms with Gasteiger partial charge in [0.1, 0.15) is 5.75 Å². The van der Waals surface area contributed by atoms with E-state index in [1.807, 2.05) is 24.3 Å². The largest absolute Gasteiger partial charge is 0.484 e. The lowest BCUT2D eigenvalue weighted by molar-refractivity contribution is -0.124. The van der Waals surface area contributed by atoms with E-state index in [1.54, 1.807) is 0 Å². The SMILES string of the molecule is CCc1ccc(OCC(=O)NC2CCN(C[C@@H]3CCOC3)CC2)cc1. The molecule has 1 atom stereocenters. The highest BCUT2D eigenvalue weighted by Gasteiger charge is 2.24. The quantitative estimate of drug-likeness (QED) is 0.823. The molecule has 3 rings (SSSR count). The maximum Gasteiger partial charge on any atom is 0.258 e. The summed E-state index contributed by atoms with van der Waals surface area (Å²) in [4.78, 5) is 14.6. The number of hydrogen-bond donors (Lipinski definition) is 1. The molecular weight excluding hydrogens is 316 g/mol. The van der Waals surface area contributed by atoms with E-state index in [2.05, 4.69) is 17.1 Å². The average molecular weight is 346 g/mol. The first-order valence-electron chi connectivity index (χ1n) is 9.54. The van der Waals surface area contributed by atoms with E-state index in [0.29, 0.717) is 5.92 Å². The maximum atomic E-state index is 12.1. The average Bonchev–Trinajstić information content (AvgIpc) is 3.15. The van der Waals surface area contributed by atoms with Crippen LogP contribution < -0.4 is 10.1 Å². The fraction of sp³-hybridized carbons (Fsp3) is 0.650. The van der Waals surface area contributed by atoms with Crippen LogP contribution in [0.1, 0.15) is 31.7 Å². The molecule has 1 N–H and O–H groups in total. The Balaban J connectivity index is 1.33. The van der Waals surface area contributed by atoms with Crippen LogP contribution in [0, 0.1) is 5.92 Å². The molecule has 2 aliphatic rings. The second kappa shape index (κ2) is 9.20. The molecule has 0 saturated carbocycles. The van der Waals surface area contributed by atoms with Crippen molar-refractivity contribution in [3.8, 4) is 5.75 Å². The smallest absolute Gasteiger partial charge is 0.258 e. The zero-order valence-corrected chi connectivity index (χ0v) is 15.2. The molecule has 0 aromatic heterocycles. The minimum Gasteiger partial charge on any atom is -0.484 e. The van der Waals surface area contributed by atoms with E-state index in [-0.39, 0.29) is 18.6 Å². The number of carbonyl (C=O) groups excluding carboxylic acids is 1. The Hall–Kier alpha value is -1.59. The Morgan fingerprint density at radius 2 is 2.00 bits per heavy atom. The number of ether oxygens (including phenoxy) is 2. The molecule has 0 bridgehead atoms. The zero-order valence-electron chi connectivity index (χ0n) is 15.2. The van der Waals surface area contributed by atoms with Gasteiger partial charge in [-0.15, -0.1) is 0 Å². The predicted octanol–water partition coefficient (Wildman–Crippen LogP) is 2.24. The monoisotopic (exact) mass is 346 g/mol. The van der Waals surface area contributed by atoms with Gasteiger partial charge in [0.2, 0.25) is 0 Å². The third kappa shape index (κ3) is 5.72. The van der Waals surface area contributed by atoms with E-state index in [0.717, 1.165) is 57.9 Å². The van der Waals surface area contributed by atoms with Gasteiger partial charge in [-0.2, -0.15) is 0 Å². The van der Waals surface area contributed by atoms with Gasteiger partial charge in [-0.3, -0.25) is 4.79 Å². The van der Waals surface area contributed by atoms with Crippen LogP contribution in [-0.4, -0.2) is 56.3 Å². The van der Waals surface area contributed by atoms with Gasteiger partial charge in [-0.1, -0.05) is 19.1 Å². The van der Waals surface area contributed by atoms with Crippen LogP contribution in [0.3, 0.4) is 0 Å². The molecule has 25 heavy (non-hydrogen) atoms. The molecule has 1 aromatic carbocycles. The predicted molar refractivity (Wildman–Crippen MR) is 97.8 cm³/mol. The maximum absolute atomic E-state index is 12.1. The van der Waals surface area contributed by atoms with Crippen molar-refractivity contribution in [2.45, 2.75) is 38.6 Å². The van der Waals surface area contributed by atoms with Crippen LogP contribution in [0.2, 0.25) is 0 Å². The highest BCUT2D eigenvalue weighted by molar-refractivity contribution is 5.77. The number of benzene rings is 1. The Morgan fingerprint density at radius 1 is 1.24 bits per heavy atom. The van der Waals surface area contributed by atoms with Gasteiger partial charge >= 0.3 is 0 Å². The first-order valence-corrected chi connectivity index (χ1v) is 9.54. The van der Waals surface area contributed by atoms with E-state index >= 15 is 0 Å². The van der Waals surface area contributed by atoms with Crippen molar-refractivity contribution in [3.63, 3.8) is 0 Å². The molecular formula is C20H30N2O3. The molecule has 2 heterocycles. The Bertz CT molecular complexity index is 532. The van der Waals surface area contributed by atoms with E-state index < -0.39 is 0 Å². The summed E-state index contributed by atoms with van der Waals surface area (Å²) in [5.74, 6) is 1.42.